The number of carbonyl (C=O) groups is 2. The van der Waals surface area contributed by atoms with Crippen molar-refractivity contribution in [2.45, 2.75) is 6.92 Å². The molecule has 2 aromatic rings. The first kappa shape index (κ1) is 17.8. The molecule has 1 aromatic heterocycles. The van der Waals surface area contributed by atoms with Crippen LogP contribution in [0, 0.1) is 6.92 Å². The summed E-state index contributed by atoms with van der Waals surface area (Å²) < 4.78 is 6.77. The summed E-state index contributed by atoms with van der Waals surface area (Å²) in [6.07, 6.45) is 3.88. The number of carbonyl (C=O) groups excluding carboxylic acids is 2. The molecule has 3 rings (SSSR count). The van der Waals surface area contributed by atoms with E-state index >= 15 is 0 Å². The predicted octanol–water partition coefficient (Wildman–Crippen LogP) is 1.46. The third-order valence-electron chi connectivity index (χ3n) is 4.31. The van der Waals surface area contributed by atoms with Crippen molar-refractivity contribution in [2.75, 3.05) is 32.1 Å². The first-order valence-corrected chi connectivity index (χ1v) is 8.27. The standard InChI is InChI=1S/C19H21N3O4/c1-13-5-6-14(11-16(13)21-7-3-4-8-21)20-17-15(19(25)26-2)12-22(9-10-23)18(17)24/h3-8,11,20,23H,9-10,12H2,1-2H3. The Hall–Kier alpha value is -3.06. The zero-order valence-corrected chi connectivity index (χ0v) is 14.7. The number of benzene rings is 1. The van der Waals surface area contributed by atoms with Gasteiger partial charge in [-0.25, -0.2) is 4.79 Å². The van der Waals surface area contributed by atoms with Gasteiger partial charge in [0, 0.05) is 30.3 Å². The molecule has 0 bridgehead atoms. The highest BCUT2D eigenvalue weighted by Crippen LogP contribution is 2.25. The number of aromatic nitrogens is 1. The van der Waals surface area contributed by atoms with E-state index in [4.69, 9.17) is 9.84 Å². The summed E-state index contributed by atoms with van der Waals surface area (Å²) in [5.41, 5.74) is 3.18. The fraction of sp³-hybridized carbons (Fsp3) is 0.263. The molecule has 0 radical (unpaired) electrons. The number of hydrogen-bond acceptors (Lipinski definition) is 5. The van der Waals surface area contributed by atoms with Crippen LogP contribution in [0.4, 0.5) is 5.69 Å². The van der Waals surface area contributed by atoms with Gasteiger partial charge in [-0.05, 0) is 36.8 Å². The molecule has 0 aliphatic carbocycles. The van der Waals surface area contributed by atoms with Crippen LogP contribution < -0.4 is 5.32 Å². The molecule has 0 fully saturated rings. The number of methoxy groups -OCH3 is 1. The zero-order chi connectivity index (χ0) is 18.7. The smallest absolute Gasteiger partial charge is 0.337 e. The Balaban J connectivity index is 1.94. The summed E-state index contributed by atoms with van der Waals surface area (Å²) in [4.78, 5) is 26.1. The highest BCUT2D eigenvalue weighted by molar-refractivity contribution is 6.08. The fourth-order valence-electron chi connectivity index (χ4n) is 2.95. The number of aliphatic hydroxyl groups excluding tert-OH is 1. The SMILES string of the molecule is COC(=O)C1=C(Nc2ccc(C)c(-n3cccc3)c2)C(=O)N(CCO)C1. The first-order chi connectivity index (χ1) is 12.5. The molecule has 0 saturated carbocycles. The number of nitrogens with one attached hydrogen (secondary N) is 1. The molecule has 0 unspecified atom stereocenters. The molecule has 26 heavy (non-hydrogen) atoms. The van der Waals surface area contributed by atoms with Crippen molar-refractivity contribution in [3.05, 3.63) is 59.6 Å². The van der Waals surface area contributed by atoms with Crippen LogP contribution >= 0.6 is 0 Å². The summed E-state index contributed by atoms with van der Waals surface area (Å²) in [6.45, 7) is 2.11. The minimum absolute atomic E-state index is 0.116. The summed E-state index contributed by atoms with van der Waals surface area (Å²) in [7, 11) is 1.28. The molecule has 1 amide bonds. The Labute approximate surface area is 151 Å². The number of β-amino-alcohol motifs (C(OH)–C–C–N with tert-alkyl or cyclic N) is 1. The van der Waals surface area contributed by atoms with E-state index in [0.717, 1.165) is 11.3 Å². The van der Waals surface area contributed by atoms with Crippen LogP contribution in [0.15, 0.2) is 54.0 Å². The monoisotopic (exact) mass is 355 g/mol. The van der Waals surface area contributed by atoms with Crippen molar-refractivity contribution in [3.63, 3.8) is 0 Å². The average Bonchev–Trinajstić information content (AvgIpc) is 3.27. The normalized spacial score (nSPS) is 14.1. The molecule has 2 heterocycles. The lowest BCUT2D eigenvalue weighted by Gasteiger charge is -2.15. The molecule has 7 nitrogen and oxygen atoms in total. The summed E-state index contributed by atoms with van der Waals surface area (Å²) in [6, 6.07) is 9.59. The molecular weight excluding hydrogens is 334 g/mol. The van der Waals surface area contributed by atoms with Crippen molar-refractivity contribution in [3.8, 4) is 5.69 Å². The second-order valence-corrected chi connectivity index (χ2v) is 6.01. The zero-order valence-electron chi connectivity index (χ0n) is 14.7. The lowest BCUT2D eigenvalue weighted by Crippen LogP contribution is -2.31. The predicted molar refractivity (Wildman–Crippen MR) is 96.8 cm³/mol. The quantitative estimate of drug-likeness (QED) is 0.767. The third-order valence-corrected chi connectivity index (χ3v) is 4.31. The summed E-state index contributed by atoms with van der Waals surface area (Å²) >= 11 is 0. The van der Waals surface area contributed by atoms with Crippen LogP contribution in [0.5, 0.6) is 0 Å². The fourth-order valence-corrected chi connectivity index (χ4v) is 2.95. The molecule has 1 aromatic carbocycles. The average molecular weight is 355 g/mol. The molecular formula is C19H21N3O4. The van der Waals surface area contributed by atoms with Gasteiger partial charge in [-0.15, -0.1) is 0 Å². The van der Waals surface area contributed by atoms with Gasteiger partial charge in [-0.2, -0.15) is 0 Å². The van der Waals surface area contributed by atoms with Crippen LogP contribution in [0.3, 0.4) is 0 Å². The van der Waals surface area contributed by atoms with E-state index in [1.165, 1.54) is 12.0 Å². The van der Waals surface area contributed by atoms with Gasteiger partial charge in [0.25, 0.3) is 5.91 Å². The minimum Gasteiger partial charge on any atom is -0.466 e. The molecule has 0 saturated heterocycles. The summed E-state index contributed by atoms with van der Waals surface area (Å²) in [5.74, 6) is -0.887. The lowest BCUT2D eigenvalue weighted by atomic mass is 10.1. The van der Waals surface area contributed by atoms with Crippen LogP contribution in [-0.4, -0.2) is 53.3 Å². The van der Waals surface area contributed by atoms with E-state index in [1.807, 2.05) is 54.2 Å². The number of nitrogens with zero attached hydrogens (tertiary/aromatic N) is 2. The van der Waals surface area contributed by atoms with E-state index in [9.17, 15) is 9.59 Å². The van der Waals surface area contributed by atoms with E-state index < -0.39 is 5.97 Å². The number of aliphatic hydroxyl groups is 1. The molecule has 0 atom stereocenters. The Bertz CT molecular complexity index is 856. The number of esters is 1. The number of anilines is 1. The van der Waals surface area contributed by atoms with E-state index in [0.29, 0.717) is 5.69 Å². The maximum absolute atomic E-state index is 12.6. The Morgan fingerprint density at radius 3 is 2.69 bits per heavy atom. The van der Waals surface area contributed by atoms with Gasteiger partial charge < -0.3 is 24.6 Å². The molecule has 1 aliphatic rings. The first-order valence-electron chi connectivity index (χ1n) is 8.27. The van der Waals surface area contributed by atoms with Crippen LogP contribution in [-0.2, 0) is 14.3 Å². The van der Waals surface area contributed by atoms with Crippen LogP contribution in [0.1, 0.15) is 5.56 Å². The number of aryl methyl sites for hydroxylation is 1. The highest BCUT2D eigenvalue weighted by Gasteiger charge is 2.34. The van der Waals surface area contributed by atoms with Gasteiger partial charge in [0.05, 0.1) is 25.8 Å². The maximum Gasteiger partial charge on any atom is 0.337 e. The number of hydrogen-bond donors (Lipinski definition) is 2. The summed E-state index contributed by atoms with van der Waals surface area (Å²) in [5, 5.41) is 12.2. The van der Waals surface area contributed by atoms with Crippen LogP contribution in [0.25, 0.3) is 5.69 Å². The van der Waals surface area contributed by atoms with Crippen molar-refractivity contribution in [2.24, 2.45) is 0 Å². The Morgan fingerprint density at radius 2 is 2.04 bits per heavy atom. The largest absolute Gasteiger partial charge is 0.466 e. The van der Waals surface area contributed by atoms with Gasteiger partial charge in [0.15, 0.2) is 0 Å². The van der Waals surface area contributed by atoms with Gasteiger partial charge in [0.1, 0.15) is 5.70 Å². The van der Waals surface area contributed by atoms with Gasteiger partial charge in [-0.1, -0.05) is 6.07 Å². The second kappa shape index (κ2) is 7.45. The Morgan fingerprint density at radius 1 is 1.31 bits per heavy atom. The number of ether oxygens (including phenoxy) is 1. The van der Waals surface area contributed by atoms with E-state index in [1.54, 1.807) is 0 Å². The number of rotatable bonds is 6. The molecule has 1 aliphatic heterocycles. The molecule has 136 valence electrons. The van der Waals surface area contributed by atoms with Crippen molar-refractivity contribution < 1.29 is 19.4 Å². The number of amides is 1. The maximum atomic E-state index is 12.6. The van der Waals surface area contributed by atoms with Gasteiger partial charge >= 0.3 is 5.97 Å². The topological polar surface area (TPSA) is 83.8 Å². The second-order valence-electron chi connectivity index (χ2n) is 6.01. The Kier molecular flexibility index (Phi) is 5.09. The lowest BCUT2D eigenvalue weighted by molar-refractivity contribution is -0.136. The molecule has 0 spiro atoms. The van der Waals surface area contributed by atoms with Crippen molar-refractivity contribution >= 4 is 17.6 Å². The van der Waals surface area contributed by atoms with Crippen molar-refractivity contribution in [1.82, 2.24) is 9.47 Å². The van der Waals surface area contributed by atoms with Gasteiger partial charge in [-0.3, -0.25) is 4.79 Å². The van der Waals surface area contributed by atoms with Crippen molar-refractivity contribution in [1.29, 1.82) is 0 Å². The molecule has 7 heteroatoms. The minimum atomic E-state index is -0.556. The van der Waals surface area contributed by atoms with Crippen LogP contribution in [0.2, 0.25) is 0 Å². The van der Waals surface area contributed by atoms with Gasteiger partial charge in [0.2, 0.25) is 0 Å². The van der Waals surface area contributed by atoms with E-state index in [2.05, 4.69) is 5.32 Å². The highest BCUT2D eigenvalue weighted by atomic mass is 16.5. The molecule has 2 N–H and O–H groups in total. The third kappa shape index (κ3) is 3.34. The van der Waals surface area contributed by atoms with E-state index in [-0.39, 0.29) is 36.9 Å².